The Morgan fingerprint density at radius 3 is 1.80 bits per heavy atom. The highest BCUT2D eigenvalue weighted by molar-refractivity contribution is 8.00. The normalized spacial score (nSPS) is 15.3. The molecule has 0 aliphatic carbocycles. The molecule has 0 saturated carbocycles. The van der Waals surface area contributed by atoms with Crippen LogP contribution in [0.2, 0.25) is 0 Å². The fraction of sp³-hybridized carbons (Fsp3) is 0.182. The zero-order chi connectivity index (χ0) is 17.1. The fourth-order valence-corrected chi connectivity index (χ4v) is 4.56. The van der Waals surface area contributed by atoms with Gasteiger partial charge in [-0.25, -0.2) is 4.39 Å². The van der Waals surface area contributed by atoms with Gasteiger partial charge in [-0.1, -0.05) is 60.7 Å². The maximum absolute atomic E-state index is 13.0. The molecule has 0 unspecified atom stereocenters. The maximum Gasteiger partial charge on any atom is 0.123 e. The molecule has 1 aliphatic rings. The Labute approximate surface area is 152 Å². The van der Waals surface area contributed by atoms with Crippen molar-refractivity contribution in [2.75, 3.05) is 13.1 Å². The number of thioether (sulfide) groups is 1. The molecule has 0 atom stereocenters. The first-order valence-electron chi connectivity index (χ1n) is 8.56. The van der Waals surface area contributed by atoms with E-state index < -0.39 is 0 Å². The van der Waals surface area contributed by atoms with E-state index >= 15 is 0 Å². The highest BCUT2D eigenvalue weighted by Crippen LogP contribution is 2.37. The van der Waals surface area contributed by atoms with Crippen LogP contribution in [-0.4, -0.2) is 23.2 Å². The van der Waals surface area contributed by atoms with Gasteiger partial charge in [0.25, 0.3) is 0 Å². The van der Waals surface area contributed by atoms with Gasteiger partial charge in [-0.3, -0.25) is 4.90 Å². The van der Waals surface area contributed by atoms with E-state index in [0.29, 0.717) is 11.3 Å². The fourth-order valence-electron chi connectivity index (χ4n) is 3.35. The Hall–Kier alpha value is -2.10. The Balaban J connectivity index is 1.48. The summed E-state index contributed by atoms with van der Waals surface area (Å²) in [6.07, 6.45) is 0. The van der Waals surface area contributed by atoms with Gasteiger partial charge in [0.2, 0.25) is 0 Å². The Bertz CT molecular complexity index is 759. The second-order valence-corrected chi connectivity index (χ2v) is 7.75. The van der Waals surface area contributed by atoms with Crippen molar-refractivity contribution < 1.29 is 4.39 Å². The number of benzene rings is 3. The molecule has 3 aromatic carbocycles. The van der Waals surface area contributed by atoms with Crippen LogP contribution in [0.3, 0.4) is 0 Å². The van der Waals surface area contributed by atoms with Crippen LogP contribution in [0.25, 0.3) is 0 Å². The lowest BCUT2D eigenvalue weighted by Crippen LogP contribution is -2.50. The second kappa shape index (κ2) is 7.42. The summed E-state index contributed by atoms with van der Waals surface area (Å²) in [4.78, 5) is 3.66. The number of likely N-dealkylation sites (tertiary alicyclic amines) is 1. The molecule has 0 bridgehead atoms. The first-order valence-corrected chi connectivity index (χ1v) is 9.44. The van der Waals surface area contributed by atoms with Gasteiger partial charge in [0.05, 0.1) is 6.04 Å². The topological polar surface area (TPSA) is 3.24 Å². The third-order valence-corrected chi connectivity index (χ3v) is 5.76. The molecule has 0 aromatic heterocycles. The van der Waals surface area contributed by atoms with Gasteiger partial charge in [0, 0.05) is 23.2 Å². The van der Waals surface area contributed by atoms with Crippen LogP contribution >= 0.6 is 11.8 Å². The Morgan fingerprint density at radius 2 is 1.28 bits per heavy atom. The predicted octanol–water partition coefficient (Wildman–Crippen LogP) is 5.39. The van der Waals surface area contributed by atoms with Crippen LogP contribution in [-0.2, 0) is 0 Å². The second-order valence-electron chi connectivity index (χ2n) is 6.37. The van der Waals surface area contributed by atoms with E-state index in [9.17, 15) is 4.39 Å². The number of hydrogen-bond donors (Lipinski definition) is 0. The lowest BCUT2D eigenvalue weighted by molar-refractivity contribution is 0.148. The van der Waals surface area contributed by atoms with Gasteiger partial charge in [-0.05, 0) is 35.4 Å². The number of hydrogen-bond acceptors (Lipinski definition) is 2. The van der Waals surface area contributed by atoms with Crippen LogP contribution in [0.5, 0.6) is 0 Å². The summed E-state index contributed by atoms with van der Waals surface area (Å²) in [5.41, 5.74) is 2.66. The van der Waals surface area contributed by atoms with Gasteiger partial charge in [0.15, 0.2) is 0 Å². The first-order chi connectivity index (χ1) is 12.3. The summed E-state index contributed by atoms with van der Waals surface area (Å²) in [5.74, 6) is -0.173. The standard InChI is InChI=1S/C22H20FNS/c23-19-11-13-20(14-12-19)25-21-15-24(16-21)22(17-7-3-1-4-8-17)18-9-5-2-6-10-18/h1-14,21-22H,15-16H2. The molecule has 0 spiro atoms. The van der Waals surface area contributed by atoms with Crippen LogP contribution in [0.15, 0.2) is 89.8 Å². The molecular weight excluding hydrogens is 329 g/mol. The van der Waals surface area contributed by atoms with Crippen molar-refractivity contribution >= 4 is 11.8 Å². The van der Waals surface area contributed by atoms with E-state index in [0.717, 1.165) is 18.0 Å². The van der Waals surface area contributed by atoms with Crippen molar-refractivity contribution in [2.24, 2.45) is 0 Å². The van der Waals surface area contributed by atoms with E-state index in [-0.39, 0.29) is 5.82 Å². The zero-order valence-electron chi connectivity index (χ0n) is 13.9. The van der Waals surface area contributed by atoms with E-state index in [1.54, 1.807) is 0 Å². The van der Waals surface area contributed by atoms with Crippen molar-refractivity contribution in [2.45, 2.75) is 16.2 Å². The minimum Gasteiger partial charge on any atom is -0.290 e. The quantitative estimate of drug-likeness (QED) is 0.607. The smallest absolute Gasteiger partial charge is 0.123 e. The van der Waals surface area contributed by atoms with Crippen molar-refractivity contribution in [3.05, 3.63) is 102 Å². The minimum atomic E-state index is -0.173. The van der Waals surface area contributed by atoms with Crippen molar-refractivity contribution in [1.82, 2.24) is 4.90 Å². The van der Waals surface area contributed by atoms with Crippen molar-refractivity contribution in [3.8, 4) is 0 Å². The summed E-state index contributed by atoms with van der Waals surface area (Å²) < 4.78 is 13.0. The van der Waals surface area contributed by atoms with Gasteiger partial charge in [-0.15, -0.1) is 11.8 Å². The molecule has 4 rings (SSSR count). The average molecular weight is 349 g/mol. The highest BCUT2D eigenvalue weighted by atomic mass is 32.2. The molecule has 126 valence electrons. The number of rotatable bonds is 5. The van der Waals surface area contributed by atoms with E-state index in [1.807, 2.05) is 23.9 Å². The van der Waals surface area contributed by atoms with Crippen LogP contribution < -0.4 is 0 Å². The molecule has 3 heteroatoms. The van der Waals surface area contributed by atoms with Crippen molar-refractivity contribution in [3.63, 3.8) is 0 Å². The van der Waals surface area contributed by atoms with Crippen LogP contribution in [0.4, 0.5) is 4.39 Å². The van der Waals surface area contributed by atoms with Gasteiger partial charge in [0.1, 0.15) is 5.82 Å². The first kappa shape index (κ1) is 16.4. The van der Waals surface area contributed by atoms with Gasteiger partial charge >= 0.3 is 0 Å². The summed E-state index contributed by atoms with van der Waals surface area (Å²) in [5, 5.41) is 0.556. The lowest BCUT2D eigenvalue weighted by atomic mass is 9.94. The number of halogens is 1. The molecular formula is C22H20FNS. The zero-order valence-corrected chi connectivity index (χ0v) is 14.7. The van der Waals surface area contributed by atoms with E-state index in [1.165, 1.54) is 23.3 Å². The Kier molecular flexibility index (Phi) is 4.86. The average Bonchev–Trinajstić information content (AvgIpc) is 2.63. The molecule has 0 radical (unpaired) electrons. The molecule has 1 nitrogen and oxygen atoms in total. The SMILES string of the molecule is Fc1ccc(SC2CN(C(c3ccccc3)c3ccccc3)C2)cc1. The van der Waals surface area contributed by atoms with E-state index in [2.05, 4.69) is 65.6 Å². The molecule has 1 aliphatic heterocycles. The summed E-state index contributed by atoms with van der Waals surface area (Å²) in [6.45, 7) is 2.08. The summed E-state index contributed by atoms with van der Waals surface area (Å²) >= 11 is 1.84. The van der Waals surface area contributed by atoms with Crippen molar-refractivity contribution in [1.29, 1.82) is 0 Å². The third kappa shape index (κ3) is 3.78. The minimum absolute atomic E-state index is 0.173. The maximum atomic E-state index is 13.0. The molecule has 1 saturated heterocycles. The van der Waals surface area contributed by atoms with Gasteiger partial charge < -0.3 is 0 Å². The predicted molar refractivity (Wildman–Crippen MR) is 102 cm³/mol. The Morgan fingerprint density at radius 1 is 0.760 bits per heavy atom. The lowest BCUT2D eigenvalue weighted by Gasteiger charge is -2.44. The molecule has 3 aromatic rings. The molecule has 0 N–H and O–H groups in total. The number of nitrogens with zero attached hydrogens (tertiary/aromatic N) is 1. The third-order valence-electron chi connectivity index (χ3n) is 4.59. The summed E-state index contributed by atoms with van der Waals surface area (Å²) in [7, 11) is 0. The molecule has 1 heterocycles. The molecule has 0 amide bonds. The van der Waals surface area contributed by atoms with Crippen LogP contribution in [0.1, 0.15) is 17.2 Å². The van der Waals surface area contributed by atoms with Gasteiger partial charge in [-0.2, -0.15) is 0 Å². The summed E-state index contributed by atoms with van der Waals surface area (Å²) in [6, 6.07) is 28.5. The van der Waals surface area contributed by atoms with Crippen LogP contribution in [0, 0.1) is 5.82 Å². The monoisotopic (exact) mass is 349 g/mol. The van der Waals surface area contributed by atoms with E-state index in [4.69, 9.17) is 0 Å². The highest BCUT2D eigenvalue weighted by Gasteiger charge is 2.34. The largest absolute Gasteiger partial charge is 0.290 e. The molecule has 1 fully saturated rings. The molecule has 25 heavy (non-hydrogen) atoms.